The predicted molar refractivity (Wildman–Crippen MR) is 78.4 cm³/mol. The van der Waals surface area contributed by atoms with E-state index in [2.05, 4.69) is 5.32 Å². The van der Waals surface area contributed by atoms with E-state index in [1.165, 1.54) is 13.2 Å². The average molecular weight is 330 g/mol. The number of rotatable bonds is 6. The van der Waals surface area contributed by atoms with Crippen molar-refractivity contribution in [1.29, 1.82) is 0 Å². The van der Waals surface area contributed by atoms with E-state index < -0.39 is 29.8 Å². The number of ether oxygens (including phenoxy) is 1. The summed E-state index contributed by atoms with van der Waals surface area (Å²) in [5.74, 6) is -2.25. The number of nitrogens with zero attached hydrogens (tertiary/aromatic N) is 1. The van der Waals surface area contributed by atoms with Crippen molar-refractivity contribution in [3.8, 4) is 0 Å². The molecular formula is C15H20F2N2O4. The van der Waals surface area contributed by atoms with Crippen LogP contribution in [0.5, 0.6) is 0 Å². The molecule has 0 aliphatic carbocycles. The van der Waals surface area contributed by atoms with Crippen LogP contribution in [0.15, 0.2) is 18.2 Å². The lowest BCUT2D eigenvalue weighted by Gasteiger charge is -2.35. The smallest absolute Gasteiger partial charge is 0.408 e. The lowest BCUT2D eigenvalue weighted by Crippen LogP contribution is -2.52. The van der Waals surface area contributed by atoms with Gasteiger partial charge in [-0.2, -0.15) is 0 Å². The highest BCUT2D eigenvalue weighted by Crippen LogP contribution is 2.29. The Morgan fingerprint density at radius 1 is 1.43 bits per heavy atom. The van der Waals surface area contributed by atoms with Crippen LogP contribution < -0.4 is 5.32 Å². The maximum atomic E-state index is 13.5. The molecule has 8 heteroatoms. The largest absolute Gasteiger partial charge is 0.465 e. The van der Waals surface area contributed by atoms with E-state index in [4.69, 9.17) is 4.74 Å². The zero-order valence-corrected chi connectivity index (χ0v) is 12.7. The van der Waals surface area contributed by atoms with E-state index in [-0.39, 0.29) is 19.1 Å². The van der Waals surface area contributed by atoms with Crippen molar-refractivity contribution in [3.05, 3.63) is 35.4 Å². The molecule has 1 aliphatic rings. The number of benzene rings is 1. The Kier molecular flexibility index (Phi) is 5.86. The number of hydrogen-bond donors (Lipinski definition) is 3. The maximum absolute atomic E-state index is 13.5. The lowest BCUT2D eigenvalue weighted by atomic mass is 9.92. The molecule has 128 valence electrons. The topological polar surface area (TPSA) is 82.0 Å². The highest BCUT2D eigenvalue weighted by Gasteiger charge is 2.39. The van der Waals surface area contributed by atoms with Gasteiger partial charge in [0.15, 0.2) is 11.6 Å². The molecule has 0 aromatic heterocycles. The Bertz CT molecular complexity index is 558. The predicted octanol–water partition coefficient (Wildman–Crippen LogP) is 1.01. The third kappa shape index (κ3) is 3.77. The first kappa shape index (κ1) is 17.6. The molecular weight excluding hydrogens is 310 g/mol. The molecule has 0 radical (unpaired) electrons. The number of carboxylic acid groups (broad SMARTS) is 1. The number of halogens is 2. The van der Waals surface area contributed by atoms with E-state index in [1.807, 2.05) is 0 Å². The summed E-state index contributed by atoms with van der Waals surface area (Å²) in [4.78, 5) is 12.8. The molecule has 1 amide bonds. The molecule has 0 bridgehead atoms. The summed E-state index contributed by atoms with van der Waals surface area (Å²) in [5, 5.41) is 22.0. The van der Waals surface area contributed by atoms with Crippen LogP contribution in [0.4, 0.5) is 13.6 Å². The molecule has 1 aromatic rings. The van der Waals surface area contributed by atoms with Gasteiger partial charge >= 0.3 is 6.09 Å². The van der Waals surface area contributed by atoms with Crippen molar-refractivity contribution in [2.45, 2.75) is 18.0 Å². The van der Waals surface area contributed by atoms with Gasteiger partial charge in [0, 0.05) is 26.1 Å². The minimum atomic E-state index is -1.19. The normalized spacial score (nSPS) is 22.1. The molecule has 1 heterocycles. The molecule has 3 atom stereocenters. The zero-order valence-electron chi connectivity index (χ0n) is 12.7. The summed E-state index contributed by atoms with van der Waals surface area (Å²) >= 11 is 0. The summed E-state index contributed by atoms with van der Waals surface area (Å²) in [5.41, 5.74) is 0.513. The van der Waals surface area contributed by atoms with Gasteiger partial charge in [0.25, 0.3) is 0 Å². The summed E-state index contributed by atoms with van der Waals surface area (Å²) in [6, 6.07) is 2.33. The number of hydrogen-bond acceptors (Lipinski definition) is 4. The molecule has 1 fully saturated rings. The van der Waals surface area contributed by atoms with Crippen LogP contribution in [0, 0.1) is 11.6 Å². The van der Waals surface area contributed by atoms with Gasteiger partial charge in [0.1, 0.15) is 0 Å². The van der Waals surface area contributed by atoms with Crippen LogP contribution >= 0.6 is 0 Å². The lowest BCUT2D eigenvalue weighted by molar-refractivity contribution is 0.0312. The fourth-order valence-electron chi connectivity index (χ4n) is 3.02. The number of methoxy groups -OCH3 is 1. The maximum Gasteiger partial charge on any atom is 0.408 e. The molecule has 6 nitrogen and oxygen atoms in total. The van der Waals surface area contributed by atoms with Crippen LogP contribution in [0.1, 0.15) is 11.5 Å². The third-order valence-electron chi connectivity index (χ3n) is 4.10. The van der Waals surface area contributed by atoms with Gasteiger partial charge in [-0.15, -0.1) is 0 Å². The molecule has 2 rings (SSSR count). The van der Waals surface area contributed by atoms with Crippen LogP contribution in [0.3, 0.4) is 0 Å². The highest BCUT2D eigenvalue weighted by atomic mass is 19.2. The summed E-state index contributed by atoms with van der Waals surface area (Å²) < 4.78 is 31.6. The summed E-state index contributed by atoms with van der Waals surface area (Å²) in [6.07, 6.45) is -1.19. The van der Waals surface area contributed by atoms with Crippen molar-refractivity contribution >= 4 is 6.09 Å². The van der Waals surface area contributed by atoms with Gasteiger partial charge in [0.2, 0.25) is 0 Å². The van der Waals surface area contributed by atoms with Gasteiger partial charge in [-0.1, -0.05) is 6.07 Å². The zero-order chi connectivity index (χ0) is 17.0. The number of aliphatic hydroxyl groups is 1. The van der Waals surface area contributed by atoms with Crippen LogP contribution in [0.2, 0.25) is 0 Å². The van der Waals surface area contributed by atoms with Crippen molar-refractivity contribution in [1.82, 2.24) is 10.2 Å². The van der Waals surface area contributed by atoms with Crippen molar-refractivity contribution in [2.24, 2.45) is 0 Å². The molecule has 0 spiro atoms. The van der Waals surface area contributed by atoms with Crippen molar-refractivity contribution in [2.75, 3.05) is 33.4 Å². The van der Waals surface area contributed by atoms with Gasteiger partial charge in [-0.25, -0.2) is 13.6 Å². The third-order valence-corrected chi connectivity index (χ3v) is 4.10. The minimum absolute atomic E-state index is 0.0454. The molecule has 1 unspecified atom stereocenters. The average Bonchev–Trinajstić information content (AvgIpc) is 2.98. The first-order valence-corrected chi connectivity index (χ1v) is 7.26. The highest BCUT2D eigenvalue weighted by molar-refractivity contribution is 5.66. The molecule has 1 saturated heterocycles. The van der Waals surface area contributed by atoms with Gasteiger partial charge in [-0.3, -0.25) is 4.90 Å². The van der Waals surface area contributed by atoms with Crippen LogP contribution in [-0.2, 0) is 4.74 Å². The second-order valence-corrected chi connectivity index (χ2v) is 5.49. The quantitative estimate of drug-likeness (QED) is 0.725. The summed E-state index contributed by atoms with van der Waals surface area (Å²) in [6.45, 7) is 0.450. The van der Waals surface area contributed by atoms with Crippen molar-refractivity contribution in [3.63, 3.8) is 0 Å². The Labute approximate surface area is 132 Å². The van der Waals surface area contributed by atoms with Gasteiger partial charge in [-0.05, 0) is 17.7 Å². The molecule has 1 aromatic carbocycles. The number of nitrogens with one attached hydrogen (secondary N) is 1. The summed E-state index contributed by atoms with van der Waals surface area (Å²) in [7, 11) is 1.42. The van der Waals surface area contributed by atoms with E-state index in [0.717, 1.165) is 17.0 Å². The number of aliphatic hydroxyl groups excluding tert-OH is 1. The van der Waals surface area contributed by atoms with Gasteiger partial charge < -0.3 is 20.3 Å². The molecule has 3 N–H and O–H groups in total. The first-order chi connectivity index (χ1) is 11.0. The second kappa shape index (κ2) is 7.67. The van der Waals surface area contributed by atoms with Gasteiger partial charge in [0.05, 0.1) is 25.3 Å². The second-order valence-electron chi connectivity index (χ2n) is 5.49. The fourth-order valence-corrected chi connectivity index (χ4v) is 3.02. The van der Waals surface area contributed by atoms with E-state index in [0.29, 0.717) is 18.7 Å². The molecule has 23 heavy (non-hydrogen) atoms. The van der Waals surface area contributed by atoms with E-state index in [9.17, 15) is 23.8 Å². The monoisotopic (exact) mass is 330 g/mol. The Morgan fingerprint density at radius 2 is 2.17 bits per heavy atom. The number of amides is 1. The van der Waals surface area contributed by atoms with Crippen LogP contribution in [0.25, 0.3) is 0 Å². The standard InChI is InChI=1S/C15H20F2N2O4/c1-23-8-10(7-20)19(15(21)22)14-6-18-5-11(14)9-2-3-12(16)13(17)4-9/h2-4,10-11,14,18,20H,5-8H2,1H3,(H,21,22)/t10?,11-,14+/m0/s1. The Balaban J connectivity index is 2.30. The Hall–Kier alpha value is -1.77. The SMILES string of the molecule is COCC(CO)N(C(=O)O)[C@@H]1CNC[C@H]1c1ccc(F)c(F)c1. The van der Waals surface area contributed by atoms with E-state index >= 15 is 0 Å². The van der Waals surface area contributed by atoms with Crippen LogP contribution in [-0.4, -0.2) is 66.7 Å². The fraction of sp³-hybridized carbons (Fsp3) is 0.533. The first-order valence-electron chi connectivity index (χ1n) is 7.26. The number of carbonyl (C=O) groups is 1. The van der Waals surface area contributed by atoms with E-state index in [1.54, 1.807) is 0 Å². The molecule has 0 saturated carbocycles. The molecule has 1 aliphatic heterocycles. The van der Waals surface area contributed by atoms with Crippen molar-refractivity contribution < 1.29 is 28.5 Å². The minimum Gasteiger partial charge on any atom is -0.465 e. The Morgan fingerprint density at radius 3 is 2.74 bits per heavy atom.